The van der Waals surface area contributed by atoms with Gasteiger partial charge in [-0.3, -0.25) is 4.99 Å². The average Bonchev–Trinajstić information content (AvgIpc) is 2.46. The van der Waals surface area contributed by atoms with Gasteiger partial charge >= 0.3 is 0 Å². The van der Waals surface area contributed by atoms with Crippen LogP contribution >= 0.6 is 22.9 Å². The van der Waals surface area contributed by atoms with Gasteiger partial charge in [-0.15, -0.1) is 11.3 Å². The number of thiophene rings is 1. The van der Waals surface area contributed by atoms with Gasteiger partial charge < -0.3 is 5.43 Å². The van der Waals surface area contributed by atoms with Crippen LogP contribution in [0.25, 0.3) is 0 Å². The maximum atomic E-state index is 5.83. The lowest BCUT2D eigenvalue weighted by Crippen LogP contribution is -2.33. The summed E-state index contributed by atoms with van der Waals surface area (Å²) in [4.78, 5) is 4.44. The number of hydrogen-bond acceptors (Lipinski definition) is 3. The highest BCUT2D eigenvalue weighted by atomic mass is 35.5. The van der Waals surface area contributed by atoms with Gasteiger partial charge in [-0.05, 0) is 26.8 Å². The van der Waals surface area contributed by atoms with Crippen LogP contribution in [-0.2, 0) is 0 Å². The zero-order chi connectivity index (χ0) is 10.8. The molecular weight excluding hydrogens is 218 g/mol. The third-order valence-corrected chi connectivity index (χ3v) is 2.52. The van der Waals surface area contributed by atoms with Crippen molar-refractivity contribution < 1.29 is 0 Å². The molecule has 0 spiro atoms. The number of amidine groups is 1. The molecule has 5 heteroatoms. The predicted molar refractivity (Wildman–Crippen MR) is 62.9 cm³/mol. The summed E-state index contributed by atoms with van der Waals surface area (Å²) in [5.41, 5.74) is 3.36. The third-order valence-electron chi connectivity index (χ3n) is 1.42. The predicted octanol–water partition coefficient (Wildman–Crippen LogP) is 2.41. The molecule has 0 saturated carbocycles. The number of nitrogens with zero attached hydrogens (tertiary/aromatic N) is 1. The molecule has 1 rings (SSSR count). The molecule has 0 unspecified atom stereocenters. The highest BCUT2D eigenvalue weighted by Gasteiger charge is 2.11. The van der Waals surface area contributed by atoms with Gasteiger partial charge in [-0.25, -0.2) is 5.84 Å². The van der Waals surface area contributed by atoms with E-state index in [0.29, 0.717) is 5.84 Å². The second kappa shape index (κ2) is 4.29. The highest BCUT2D eigenvalue weighted by Crippen LogP contribution is 2.20. The number of nitrogens with one attached hydrogen (secondary N) is 1. The number of halogens is 1. The van der Waals surface area contributed by atoms with Crippen molar-refractivity contribution in [3.05, 3.63) is 21.3 Å². The van der Waals surface area contributed by atoms with Gasteiger partial charge in [0.2, 0.25) is 0 Å². The number of aliphatic imine (C=N–C) groups is 1. The van der Waals surface area contributed by atoms with Crippen LogP contribution in [0, 0.1) is 0 Å². The average molecular weight is 232 g/mol. The Morgan fingerprint density at radius 3 is 2.57 bits per heavy atom. The van der Waals surface area contributed by atoms with Crippen LogP contribution < -0.4 is 11.3 Å². The molecule has 3 N–H and O–H groups in total. The van der Waals surface area contributed by atoms with Crippen molar-refractivity contribution in [2.45, 2.75) is 26.3 Å². The molecule has 0 saturated heterocycles. The lowest BCUT2D eigenvalue weighted by molar-refractivity contribution is 0.580. The first-order valence-electron chi connectivity index (χ1n) is 4.23. The van der Waals surface area contributed by atoms with Gasteiger partial charge in [0.25, 0.3) is 0 Å². The monoisotopic (exact) mass is 231 g/mol. The summed E-state index contributed by atoms with van der Waals surface area (Å²) < 4.78 is 0.733. The maximum absolute atomic E-state index is 5.83. The first-order chi connectivity index (χ1) is 6.42. The van der Waals surface area contributed by atoms with E-state index in [-0.39, 0.29) is 5.54 Å². The van der Waals surface area contributed by atoms with Crippen molar-refractivity contribution in [3.8, 4) is 0 Å². The van der Waals surface area contributed by atoms with Crippen LogP contribution in [0.3, 0.4) is 0 Å². The molecule has 0 aliphatic carbocycles. The molecular formula is C9H14ClN3S. The van der Waals surface area contributed by atoms with E-state index in [9.17, 15) is 0 Å². The van der Waals surface area contributed by atoms with E-state index >= 15 is 0 Å². The van der Waals surface area contributed by atoms with Crippen molar-refractivity contribution >= 4 is 28.8 Å². The molecule has 0 amide bonds. The number of nitrogens with two attached hydrogens (primary N) is 1. The highest BCUT2D eigenvalue weighted by molar-refractivity contribution is 7.14. The fourth-order valence-electron chi connectivity index (χ4n) is 0.950. The van der Waals surface area contributed by atoms with Gasteiger partial charge in [-0.1, -0.05) is 11.6 Å². The van der Waals surface area contributed by atoms with E-state index in [1.54, 1.807) is 0 Å². The molecule has 14 heavy (non-hydrogen) atoms. The molecule has 0 atom stereocenters. The summed E-state index contributed by atoms with van der Waals surface area (Å²) in [5.74, 6) is 6.07. The van der Waals surface area contributed by atoms with E-state index in [4.69, 9.17) is 17.4 Å². The molecule has 0 radical (unpaired) electrons. The summed E-state index contributed by atoms with van der Waals surface area (Å²) in [7, 11) is 0. The molecule has 1 aromatic heterocycles. The molecule has 0 bridgehead atoms. The lowest BCUT2D eigenvalue weighted by atomic mass is 10.1. The largest absolute Gasteiger partial charge is 0.308 e. The first-order valence-corrected chi connectivity index (χ1v) is 5.49. The Bertz CT molecular complexity index is 338. The van der Waals surface area contributed by atoms with Crippen molar-refractivity contribution in [2.75, 3.05) is 0 Å². The summed E-state index contributed by atoms with van der Waals surface area (Å²) in [5, 5.41) is 1.92. The SMILES string of the molecule is CC(C)(C)N=C(NN)c1csc(Cl)c1. The molecule has 0 aliphatic heterocycles. The smallest absolute Gasteiger partial charge is 0.143 e. The summed E-state index contributed by atoms with van der Waals surface area (Å²) >= 11 is 7.29. The van der Waals surface area contributed by atoms with Crippen molar-refractivity contribution in [1.29, 1.82) is 0 Å². The van der Waals surface area contributed by atoms with Gasteiger partial charge in [0.05, 0.1) is 9.88 Å². The van der Waals surface area contributed by atoms with E-state index in [1.165, 1.54) is 11.3 Å². The molecule has 78 valence electrons. The van der Waals surface area contributed by atoms with Crippen molar-refractivity contribution in [1.82, 2.24) is 5.43 Å². The second-order valence-electron chi connectivity index (χ2n) is 3.92. The standard InChI is InChI=1S/C9H14ClN3S/c1-9(2,3)12-8(13-11)6-4-7(10)14-5-6/h4-5H,11H2,1-3H3,(H,12,13). The molecule has 0 aromatic carbocycles. The van der Waals surface area contributed by atoms with Crippen LogP contribution in [0.15, 0.2) is 16.4 Å². The Morgan fingerprint density at radius 2 is 2.21 bits per heavy atom. The molecule has 1 aromatic rings. The van der Waals surface area contributed by atoms with Gasteiger partial charge in [0, 0.05) is 10.9 Å². The fourth-order valence-corrected chi connectivity index (χ4v) is 1.82. The molecule has 1 heterocycles. The molecule has 0 fully saturated rings. The molecule has 3 nitrogen and oxygen atoms in total. The Hall–Kier alpha value is -0.580. The lowest BCUT2D eigenvalue weighted by Gasteiger charge is -2.14. The van der Waals surface area contributed by atoms with Gasteiger partial charge in [0.1, 0.15) is 5.84 Å². The minimum atomic E-state index is -0.157. The number of hydrazine groups is 1. The third kappa shape index (κ3) is 3.29. The normalized spacial score (nSPS) is 13.1. The van der Waals surface area contributed by atoms with Crippen LogP contribution in [0.4, 0.5) is 0 Å². The Balaban J connectivity index is 2.99. The second-order valence-corrected chi connectivity index (χ2v) is 5.46. The Labute approximate surface area is 93.0 Å². The van der Waals surface area contributed by atoms with E-state index < -0.39 is 0 Å². The van der Waals surface area contributed by atoms with Crippen LogP contribution in [-0.4, -0.2) is 11.4 Å². The topological polar surface area (TPSA) is 50.4 Å². The number of hydrogen-bond donors (Lipinski definition) is 2. The first kappa shape index (κ1) is 11.5. The van der Waals surface area contributed by atoms with Gasteiger partial charge in [0.15, 0.2) is 0 Å². The minimum Gasteiger partial charge on any atom is -0.308 e. The summed E-state index contributed by atoms with van der Waals surface area (Å²) in [6.07, 6.45) is 0. The van der Waals surface area contributed by atoms with Crippen LogP contribution in [0.1, 0.15) is 26.3 Å². The zero-order valence-corrected chi connectivity index (χ0v) is 10.0. The Morgan fingerprint density at radius 1 is 1.57 bits per heavy atom. The fraction of sp³-hybridized carbons (Fsp3) is 0.444. The van der Waals surface area contributed by atoms with E-state index in [1.807, 2.05) is 32.2 Å². The summed E-state index contributed by atoms with van der Waals surface area (Å²) in [6.45, 7) is 6.04. The van der Waals surface area contributed by atoms with E-state index in [2.05, 4.69) is 10.4 Å². The zero-order valence-electron chi connectivity index (χ0n) is 8.47. The van der Waals surface area contributed by atoms with Crippen LogP contribution in [0.5, 0.6) is 0 Å². The minimum absolute atomic E-state index is 0.157. The van der Waals surface area contributed by atoms with Crippen LogP contribution in [0.2, 0.25) is 4.34 Å². The van der Waals surface area contributed by atoms with E-state index in [0.717, 1.165) is 9.90 Å². The maximum Gasteiger partial charge on any atom is 0.143 e. The summed E-state index contributed by atoms with van der Waals surface area (Å²) in [6, 6.07) is 1.84. The quantitative estimate of drug-likeness (QED) is 0.338. The Kier molecular flexibility index (Phi) is 3.53. The van der Waals surface area contributed by atoms with Crippen molar-refractivity contribution in [2.24, 2.45) is 10.8 Å². The number of rotatable bonds is 1. The molecule has 0 aliphatic rings. The van der Waals surface area contributed by atoms with Gasteiger partial charge in [-0.2, -0.15) is 0 Å². The van der Waals surface area contributed by atoms with Crippen molar-refractivity contribution in [3.63, 3.8) is 0 Å².